The lowest BCUT2D eigenvalue weighted by atomic mass is 9.92. The second-order valence-corrected chi connectivity index (χ2v) is 8.30. The van der Waals surface area contributed by atoms with Crippen LogP contribution in [-0.2, 0) is 0 Å². The van der Waals surface area contributed by atoms with Gasteiger partial charge in [-0.05, 0) is 30.9 Å². The molecule has 1 saturated carbocycles. The van der Waals surface area contributed by atoms with Gasteiger partial charge in [0.1, 0.15) is 0 Å². The summed E-state index contributed by atoms with van der Waals surface area (Å²) in [4.78, 5) is 2.81. The normalized spacial score (nSPS) is 32.5. The highest BCUT2D eigenvalue weighted by molar-refractivity contribution is 8.00. The van der Waals surface area contributed by atoms with Crippen molar-refractivity contribution >= 4 is 11.8 Å². The molecule has 1 heterocycles. The Morgan fingerprint density at radius 2 is 2.00 bits per heavy atom. The van der Waals surface area contributed by atoms with Crippen LogP contribution in [0.3, 0.4) is 0 Å². The fourth-order valence-corrected chi connectivity index (χ4v) is 4.10. The molecule has 0 aromatic rings. The summed E-state index contributed by atoms with van der Waals surface area (Å²) < 4.78 is 0.602. The monoisotopic (exact) mass is 284 g/mol. The molecule has 1 saturated heterocycles. The molecule has 0 aromatic heterocycles. The van der Waals surface area contributed by atoms with Crippen LogP contribution < -0.4 is 5.32 Å². The van der Waals surface area contributed by atoms with Crippen LogP contribution >= 0.6 is 11.8 Å². The molecule has 3 unspecified atom stereocenters. The number of hydrogen-bond donors (Lipinski definition) is 1. The van der Waals surface area contributed by atoms with Crippen LogP contribution in [0.2, 0.25) is 0 Å². The third-order valence-electron chi connectivity index (χ3n) is 5.32. The van der Waals surface area contributed by atoms with E-state index in [-0.39, 0.29) is 0 Å². The van der Waals surface area contributed by atoms with Crippen LogP contribution in [0.15, 0.2) is 0 Å². The Balaban J connectivity index is 2.00. The average Bonchev–Trinajstić information content (AvgIpc) is 3.17. The molecule has 2 aliphatic rings. The van der Waals surface area contributed by atoms with E-state index < -0.39 is 0 Å². The molecule has 0 aromatic carbocycles. The van der Waals surface area contributed by atoms with Crippen LogP contribution in [0.1, 0.15) is 47.0 Å². The highest BCUT2D eigenvalue weighted by atomic mass is 32.2. The maximum atomic E-state index is 3.81. The average molecular weight is 285 g/mol. The maximum absolute atomic E-state index is 3.81. The molecular weight excluding hydrogens is 252 g/mol. The summed E-state index contributed by atoms with van der Waals surface area (Å²) in [7, 11) is 0. The van der Waals surface area contributed by atoms with E-state index in [2.05, 4.69) is 55.9 Å². The minimum atomic E-state index is 0.602. The van der Waals surface area contributed by atoms with Gasteiger partial charge in [-0.2, -0.15) is 11.8 Å². The first kappa shape index (κ1) is 15.7. The van der Waals surface area contributed by atoms with E-state index in [0.29, 0.717) is 10.8 Å². The van der Waals surface area contributed by atoms with Crippen molar-refractivity contribution < 1.29 is 0 Å². The lowest BCUT2D eigenvalue weighted by molar-refractivity contribution is 0.0808. The lowest BCUT2D eigenvalue weighted by Crippen LogP contribution is -2.61. The number of piperazine rings is 1. The Morgan fingerprint density at radius 3 is 2.47 bits per heavy atom. The second kappa shape index (κ2) is 6.36. The van der Waals surface area contributed by atoms with Crippen molar-refractivity contribution in [2.24, 2.45) is 11.8 Å². The van der Waals surface area contributed by atoms with Crippen molar-refractivity contribution in [3.8, 4) is 0 Å². The van der Waals surface area contributed by atoms with Crippen molar-refractivity contribution in [1.82, 2.24) is 10.2 Å². The summed E-state index contributed by atoms with van der Waals surface area (Å²) in [6, 6.07) is 1.42. The molecule has 1 aliphatic heterocycles. The highest BCUT2D eigenvalue weighted by Gasteiger charge is 2.45. The maximum Gasteiger partial charge on any atom is 0.0285 e. The number of nitrogens with one attached hydrogen (secondary N) is 1. The fraction of sp³-hybridized carbons (Fsp3) is 1.00. The van der Waals surface area contributed by atoms with Gasteiger partial charge in [-0.15, -0.1) is 0 Å². The topological polar surface area (TPSA) is 15.3 Å². The smallest absolute Gasteiger partial charge is 0.0285 e. The molecule has 2 rings (SSSR count). The molecule has 3 atom stereocenters. The standard InChI is InChI=1S/C16H32N2S/c1-6-13(4)14-10-18(11-16(19-5)7-8-16)15(9-17-14)12(2)3/h12-15,17H,6-11H2,1-5H3. The fourth-order valence-electron chi connectivity index (χ4n) is 3.29. The predicted octanol–water partition coefficient (Wildman–Crippen LogP) is 3.23. The molecule has 19 heavy (non-hydrogen) atoms. The Hall–Kier alpha value is 0.270. The summed E-state index contributed by atoms with van der Waals surface area (Å²) in [5, 5.41) is 3.81. The molecule has 1 N–H and O–H groups in total. The van der Waals surface area contributed by atoms with Gasteiger partial charge in [0, 0.05) is 36.5 Å². The van der Waals surface area contributed by atoms with Gasteiger partial charge in [-0.1, -0.05) is 34.1 Å². The van der Waals surface area contributed by atoms with E-state index in [0.717, 1.165) is 17.9 Å². The number of thioether (sulfide) groups is 1. The molecule has 1 aliphatic carbocycles. The van der Waals surface area contributed by atoms with Crippen molar-refractivity contribution in [1.29, 1.82) is 0 Å². The van der Waals surface area contributed by atoms with E-state index in [9.17, 15) is 0 Å². The first-order chi connectivity index (χ1) is 9.01. The van der Waals surface area contributed by atoms with Crippen molar-refractivity contribution in [3.05, 3.63) is 0 Å². The summed E-state index contributed by atoms with van der Waals surface area (Å²) in [6.07, 6.45) is 6.44. The Bertz CT molecular complexity index is 288. The molecule has 0 amide bonds. The molecular formula is C16H32N2S. The van der Waals surface area contributed by atoms with Gasteiger partial charge in [-0.3, -0.25) is 4.90 Å². The molecule has 112 valence electrons. The lowest BCUT2D eigenvalue weighted by Gasteiger charge is -2.45. The largest absolute Gasteiger partial charge is 0.311 e. The molecule has 0 bridgehead atoms. The molecule has 2 nitrogen and oxygen atoms in total. The van der Waals surface area contributed by atoms with Crippen LogP contribution in [-0.4, -0.2) is 47.6 Å². The SMILES string of the molecule is CCC(C)C1CN(CC2(SC)CC2)C(C(C)C)CN1. The predicted molar refractivity (Wildman–Crippen MR) is 86.9 cm³/mol. The van der Waals surface area contributed by atoms with Crippen LogP contribution in [0.4, 0.5) is 0 Å². The summed E-state index contributed by atoms with van der Waals surface area (Å²) >= 11 is 2.10. The summed E-state index contributed by atoms with van der Waals surface area (Å²) in [5.41, 5.74) is 0. The first-order valence-electron chi connectivity index (χ1n) is 8.04. The van der Waals surface area contributed by atoms with E-state index in [1.807, 2.05) is 0 Å². The van der Waals surface area contributed by atoms with Crippen molar-refractivity contribution in [3.63, 3.8) is 0 Å². The number of rotatable bonds is 6. The first-order valence-corrected chi connectivity index (χ1v) is 9.26. The van der Waals surface area contributed by atoms with Crippen molar-refractivity contribution in [2.45, 2.75) is 63.8 Å². The van der Waals surface area contributed by atoms with E-state index >= 15 is 0 Å². The zero-order valence-corrected chi connectivity index (χ0v) is 14.2. The number of nitrogens with zero attached hydrogens (tertiary/aromatic N) is 1. The highest BCUT2D eigenvalue weighted by Crippen LogP contribution is 2.48. The Morgan fingerprint density at radius 1 is 1.32 bits per heavy atom. The van der Waals surface area contributed by atoms with Gasteiger partial charge >= 0.3 is 0 Å². The molecule has 3 heteroatoms. The third kappa shape index (κ3) is 3.68. The van der Waals surface area contributed by atoms with Gasteiger partial charge in [-0.25, -0.2) is 0 Å². The zero-order chi connectivity index (χ0) is 14.0. The van der Waals surface area contributed by atoms with Crippen molar-refractivity contribution in [2.75, 3.05) is 25.9 Å². The molecule has 0 spiro atoms. The van der Waals surface area contributed by atoms with E-state index in [1.54, 1.807) is 0 Å². The van der Waals surface area contributed by atoms with Gasteiger partial charge in [0.25, 0.3) is 0 Å². The molecule has 0 radical (unpaired) electrons. The van der Waals surface area contributed by atoms with Gasteiger partial charge in [0.2, 0.25) is 0 Å². The quantitative estimate of drug-likeness (QED) is 0.806. The van der Waals surface area contributed by atoms with Gasteiger partial charge in [0.15, 0.2) is 0 Å². The molecule has 2 fully saturated rings. The Kier molecular flexibility index (Phi) is 5.24. The zero-order valence-electron chi connectivity index (χ0n) is 13.4. The second-order valence-electron chi connectivity index (χ2n) is 7.03. The summed E-state index contributed by atoms with van der Waals surface area (Å²) in [5.74, 6) is 1.54. The number of hydrogen-bond acceptors (Lipinski definition) is 3. The minimum absolute atomic E-state index is 0.602. The van der Waals surface area contributed by atoms with E-state index in [4.69, 9.17) is 0 Å². The van der Waals surface area contributed by atoms with E-state index in [1.165, 1.54) is 38.9 Å². The van der Waals surface area contributed by atoms with Gasteiger partial charge in [0.05, 0.1) is 0 Å². The minimum Gasteiger partial charge on any atom is -0.311 e. The van der Waals surface area contributed by atoms with Crippen LogP contribution in [0, 0.1) is 11.8 Å². The Labute approximate surface area is 124 Å². The van der Waals surface area contributed by atoms with Crippen LogP contribution in [0.5, 0.6) is 0 Å². The summed E-state index contributed by atoms with van der Waals surface area (Å²) in [6.45, 7) is 13.2. The van der Waals surface area contributed by atoms with Crippen LogP contribution in [0.25, 0.3) is 0 Å². The third-order valence-corrected chi connectivity index (χ3v) is 6.73. The van der Waals surface area contributed by atoms with Gasteiger partial charge < -0.3 is 5.32 Å².